The van der Waals surface area contributed by atoms with E-state index in [-0.39, 0.29) is 17.4 Å². The number of hydrogen-bond acceptors (Lipinski definition) is 4. The average molecular weight is 545 g/mol. The van der Waals surface area contributed by atoms with Crippen molar-refractivity contribution in [3.63, 3.8) is 0 Å². The largest absolute Gasteiger partial charge is 0.488 e. The number of aryl methyl sites for hydroxylation is 1. The second-order valence-corrected chi connectivity index (χ2v) is 11.0. The first-order valence-corrected chi connectivity index (χ1v) is 14.1. The van der Waals surface area contributed by atoms with Gasteiger partial charge in [0.15, 0.2) is 4.80 Å². The zero-order chi connectivity index (χ0) is 27.1. The van der Waals surface area contributed by atoms with Gasteiger partial charge in [0, 0.05) is 11.1 Å². The standard InChI is InChI=1S/C34H25FN2O2S/c35-26-17-14-24(15-18-26)32-28-19-16-23-10-4-6-12-27(23)31(28)36-34-37(32)33(38)30(40-34)20-25-11-5-7-13-29(25)39-21-22-8-2-1-3-9-22/h1-15,17-18,20,32H,16,19,21H2/b30-20-/t32-/m1/s1. The van der Waals surface area contributed by atoms with Gasteiger partial charge in [0.2, 0.25) is 0 Å². The van der Waals surface area contributed by atoms with E-state index in [0.717, 1.165) is 46.4 Å². The molecule has 0 N–H and O–H groups in total. The fourth-order valence-corrected chi connectivity index (χ4v) is 6.57. The van der Waals surface area contributed by atoms with E-state index in [4.69, 9.17) is 9.73 Å². The van der Waals surface area contributed by atoms with Crippen molar-refractivity contribution in [2.45, 2.75) is 25.5 Å². The lowest BCUT2D eigenvalue weighted by atomic mass is 9.83. The maximum absolute atomic E-state index is 14.0. The summed E-state index contributed by atoms with van der Waals surface area (Å²) in [6, 6.07) is 32.2. The summed E-state index contributed by atoms with van der Waals surface area (Å²) in [6.45, 7) is 0.434. The molecule has 0 saturated carbocycles. The van der Waals surface area contributed by atoms with Gasteiger partial charge >= 0.3 is 0 Å². The molecule has 6 heteroatoms. The highest BCUT2D eigenvalue weighted by Gasteiger charge is 2.32. The first-order valence-electron chi connectivity index (χ1n) is 13.3. The molecule has 196 valence electrons. The molecule has 0 unspecified atom stereocenters. The predicted molar refractivity (Wildman–Crippen MR) is 156 cm³/mol. The summed E-state index contributed by atoms with van der Waals surface area (Å²) in [4.78, 5) is 19.7. The molecule has 0 amide bonds. The summed E-state index contributed by atoms with van der Waals surface area (Å²) >= 11 is 1.38. The molecule has 1 aliphatic heterocycles. The number of aromatic nitrogens is 1. The van der Waals surface area contributed by atoms with Gasteiger partial charge in [-0.2, -0.15) is 0 Å². The Hall–Kier alpha value is -4.55. The Morgan fingerprint density at radius 2 is 1.65 bits per heavy atom. The van der Waals surface area contributed by atoms with Crippen molar-refractivity contribution >= 4 is 23.1 Å². The van der Waals surface area contributed by atoms with E-state index < -0.39 is 0 Å². The van der Waals surface area contributed by atoms with E-state index in [1.54, 1.807) is 16.7 Å². The fraction of sp³-hybridized carbons (Fsp3) is 0.118. The molecular formula is C34H25FN2O2S. The van der Waals surface area contributed by atoms with Gasteiger partial charge in [-0.1, -0.05) is 96.3 Å². The Bertz CT molecular complexity index is 1940. The Labute approximate surface area is 234 Å². The van der Waals surface area contributed by atoms with Crippen molar-refractivity contribution in [3.05, 3.63) is 162 Å². The molecule has 1 atom stereocenters. The van der Waals surface area contributed by atoms with Crippen LogP contribution in [0.15, 0.2) is 118 Å². The van der Waals surface area contributed by atoms with Gasteiger partial charge < -0.3 is 4.74 Å². The smallest absolute Gasteiger partial charge is 0.271 e. The quantitative estimate of drug-likeness (QED) is 0.271. The summed E-state index contributed by atoms with van der Waals surface area (Å²) in [5, 5.41) is 0. The van der Waals surface area contributed by atoms with Crippen LogP contribution in [-0.2, 0) is 13.0 Å². The van der Waals surface area contributed by atoms with E-state index in [9.17, 15) is 9.18 Å². The van der Waals surface area contributed by atoms with E-state index in [1.165, 1.54) is 29.0 Å². The summed E-state index contributed by atoms with van der Waals surface area (Å²) in [5.41, 5.74) is 7.05. The number of nitrogens with zero attached hydrogens (tertiary/aromatic N) is 2. The topological polar surface area (TPSA) is 43.6 Å². The summed E-state index contributed by atoms with van der Waals surface area (Å²) in [6.07, 6.45) is 3.55. The minimum atomic E-state index is -0.341. The molecule has 5 aromatic rings. The highest BCUT2D eigenvalue weighted by Crippen LogP contribution is 2.41. The maximum atomic E-state index is 14.0. The molecule has 0 spiro atoms. The summed E-state index contributed by atoms with van der Waals surface area (Å²) in [5.74, 6) is 0.409. The van der Waals surface area contributed by atoms with Crippen LogP contribution in [0.4, 0.5) is 4.39 Å². The van der Waals surface area contributed by atoms with Crippen LogP contribution in [0.2, 0.25) is 0 Å². The number of thiazole rings is 1. The minimum absolute atomic E-state index is 0.110. The summed E-state index contributed by atoms with van der Waals surface area (Å²) < 4.78 is 22.4. The second-order valence-electron chi connectivity index (χ2n) is 9.98. The molecule has 0 saturated heterocycles. The molecule has 40 heavy (non-hydrogen) atoms. The monoisotopic (exact) mass is 544 g/mol. The van der Waals surface area contributed by atoms with Crippen molar-refractivity contribution in [1.29, 1.82) is 0 Å². The molecule has 2 aliphatic rings. The first-order chi connectivity index (χ1) is 19.7. The van der Waals surface area contributed by atoms with Crippen LogP contribution in [0.25, 0.3) is 11.8 Å². The van der Waals surface area contributed by atoms with E-state index in [1.807, 2.05) is 66.7 Å². The third-order valence-corrected chi connectivity index (χ3v) is 8.48. The highest BCUT2D eigenvalue weighted by molar-refractivity contribution is 7.07. The van der Waals surface area contributed by atoms with Crippen molar-refractivity contribution in [2.75, 3.05) is 0 Å². The van der Waals surface area contributed by atoms with Crippen molar-refractivity contribution < 1.29 is 9.13 Å². The molecule has 0 bridgehead atoms. The zero-order valence-electron chi connectivity index (χ0n) is 21.6. The molecule has 2 heterocycles. The SMILES string of the molecule is O=c1/c(=C/c2ccccc2OCc2ccccc2)sc2n1[C@H](c1ccc(F)cc1)C1=C(N=2)c2ccccc2CC1. The van der Waals surface area contributed by atoms with Crippen molar-refractivity contribution in [1.82, 2.24) is 4.57 Å². The average Bonchev–Trinajstić information content (AvgIpc) is 3.30. The van der Waals surface area contributed by atoms with Crippen LogP contribution < -0.4 is 19.6 Å². The van der Waals surface area contributed by atoms with Gasteiger partial charge in [-0.15, -0.1) is 0 Å². The Morgan fingerprint density at radius 1 is 0.900 bits per heavy atom. The number of halogens is 1. The molecule has 1 aromatic heterocycles. The predicted octanol–water partition coefficient (Wildman–Crippen LogP) is 6.04. The lowest BCUT2D eigenvalue weighted by molar-refractivity contribution is 0.305. The van der Waals surface area contributed by atoms with Crippen LogP contribution in [0.5, 0.6) is 5.75 Å². The van der Waals surface area contributed by atoms with Gasteiger partial charge in [0.05, 0.1) is 16.3 Å². The molecule has 0 fully saturated rings. The number of hydrogen-bond donors (Lipinski definition) is 0. The van der Waals surface area contributed by atoms with Gasteiger partial charge in [-0.3, -0.25) is 9.36 Å². The van der Waals surface area contributed by atoms with Crippen LogP contribution in [0, 0.1) is 5.82 Å². The van der Waals surface area contributed by atoms with Crippen LogP contribution in [-0.4, -0.2) is 4.57 Å². The molecule has 4 aromatic carbocycles. The van der Waals surface area contributed by atoms with Crippen LogP contribution in [0.1, 0.15) is 40.3 Å². The lowest BCUT2D eigenvalue weighted by Gasteiger charge is -2.30. The highest BCUT2D eigenvalue weighted by atomic mass is 32.1. The van der Waals surface area contributed by atoms with E-state index >= 15 is 0 Å². The number of fused-ring (bicyclic) bond motifs is 3. The summed E-state index contributed by atoms with van der Waals surface area (Å²) in [7, 11) is 0. The molecule has 0 radical (unpaired) electrons. The molecule has 4 nitrogen and oxygen atoms in total. The van der Waals surface area contributed by atoms with Gasteiger partial charge in [0.1, 0.15) is 18.2 Å². The molecule has 1 aliphatic carbocycles. The van der Waals surface area contributed by atoms with Gasteiger partial charge in [-0.25, -0.2) is 9.38 Å². The Kier molecular flexibility index (Phi) is 6.25. The molecule has 7 rings (SSSR count). The van der Waals surface area contributed by atoms with Crippen molar-refractivity contribution in [2.24, 2.45) is 4.99 Å². The fourth-order valence-electron chi connectivity index (χ4n) is 5.58. The number of para-hydroxylation sites is 1. The second kappa shape index (κ2) is 10.2. The van der Waals surface area contributed by atoms with E-state index in [0.29, 0.717) is 21.7 Å². The Morgan fingerprint density at radius 3 is 2.50 bits per heavy atom. The Balaban J connectivity index is 1.37. The van der Waals surface area contributed by atoms with E-state index in [2.05, 4.69) is 18.2 Å². The number of benzene rings is 4. The lowest BCUT2D eigenvalue weighted by Crippen LogP contribution is -2.38. The van der Waals surface area contributed by atoms with Gasteiger partial charge in [0.25, 0.3) is 5.56 Å². The minimum Gasteiger partial charge on any atom is -0.488 e. The third-order valence-electron chi connectivity index (χ3n) is 7.50. The normalized spacial score (nSPS) is 16.1. The van der Waals surface area contributed by atoms with Crippen molar-refractivity contribution in [3.8, 4) is 5.75 Å². The van der Waals surface area contributed by atoms with Gasteiger partial charge in [-0.05, 0) is 59.4 Å². The zero-order valence-corrected chi connectivity index (χ0v) is 22.4. The maximum Gasteiger partial charge on any atom is 0.271 e. The van der Waals surface area contributed by atoms with Crippen LogP contribution >= 0.6 is 11.3 Å². The third kappa shape index (κ3) is 4.40. The first kappa shape index (κ1) is 24.5. The molecular weight excluding hydrogens is 519 g/mol. The number of allylic oxidation sites excluding steroid dienone is 1. The van der Waals surface area contributed by atoms with Crippen LogP contribution in [0.3, 0.4) is 0 Å². The number of rotatable bonds is 5. The number of ether oxygens (including phenoxy) is 1.